The van der Waals surface area contributed by atoms with Crippen molar-refractivity contribution in [2.75, 3.05) is 11.1 Å². The molecule has 0 aliphatic carbocycles. The maximum atomic E-state index is 12.1. The van der Waals surface area contributed by atoms with Gasteiger partial charge in [0.05, 0.1) is 10.7 Å². The highest BCUT2D eigenvalue weighted by Gasteiger charge is 2.11. The van der Waals surface area contributed by atoms with Crippen LogP contribution >= 0.6 is 11.6 Å². The van der Waals surface area contributed by atoms with E-state index >= 15 is 0 Å². The van der Waals surface area contributed by atoms with Crippen LogP contribution in [0.1, 0.15) is 25.5 Å². The fourth-order valence-corrected chi connectivity index (χ4v) is 2.04. The summed E-state index contributed by atoms with van der Waals surface area (Å²) in [7, 11) is 0. The molecule has 0 aliphatic rings. The Hall–Kier alpha value is -2.08. The van der Waals surface area contributed by atoms with Gasteiger partial charge in [-0.2, -0.15) is 5.10 Å². The average molecular weight is 308 g/mol. The molecule has 0 saturated carbocycles. The topological polar surface area (TPSA) is 85.8 Å². The molecule has 1 aromatic heterocycles. The molecule has 7 heteroatoms. The number of anilines is 2. The second-order valence-corrected chi connectivity index (χ2v) is 5.00. The SMILES string of the molecule is CCc1nc(CC)n(CC(=O)Nc2ccc(Cl)c(N)c2)n1. The number of hydrogen-bond acceptors (Lipinski definition) is 4. The van der Waals surface area contributed by atoms with E-state index in [1.54, 1.807) is 22.9 Å². The second kappa shape index (κ2) is 6.58. The summed E-state index contributed by atoms with van der Waals surface area (Å²) >= 11 is 5.85. The first-order chi connectivity index (χ1) is 10.0. The van der Waals surface area contributed by atoms with Gasteiger partial charge in [-0.15, -0.1) is 0 Å². The molecule has 0 spiro atoms. The van der Waals surface area contributed by atoms with Gasteiger partial charge in [0.2, 0.25) is 5.91 Å². The van der Waals surface area contributed by atoms with E-state index < -0.39 is 0 Å². The van der Waals surface area contributed by atoms with Crippen molar-refractivity contribution in [2.45, 2.75) is 33.2 Å². The molecule has 2 aromatic rings. The number of halogens is 1. The van der Waals surface area contributed by atoms with E-state index in [1.165, 1.54) is 0 Å². The number of nitrogens with one attached hydrogen (secondary N) is 1. The van der Waals surface area contributed by atoms with Crippen molar-refractivity contribution < 1.29 is 4.79 Å². The molecule has 0 unspecified atom stereocenters. The second-order valence-electron chi connectivity index (χ2n) is 4.59. The van der Waals surface area contributed by atoms with E-state index in [4.69, 9.17) is 17.3 Å². The van der Waals surface area contributed by atoms with E-state index in [0.29, 0.717) is 16.4 Å². The number of benzene rings is 1. The predicted octanol–water partition coefficient (Wildman–Crippen LogP) is 2.28. The number of carbonyl (C=O) groups excluding carboxylic acids is 1. The fourth-order valence-electron chi connectivity index (χ4n) is 1.92. The highest BCUT2D eigenvalue weighted by molar-refractivity contribution is 6.33. The van der Waals surface area contributed by atoms with Crippen LogP contribution in [-0.2, 0) is 24.2 Å². The number of amides is 1. The van der Waals surface area contributed by atoms with Crippen LogP contribution in [-0.4, -0.2) is 20.7 Å². The van der Waals surface area contributed by atoms with Gasteiger partial charge in [-0.3, -0.25) is 4.79 Å². The third kappa shape index (κ3) is 3.72. The largest absolute Gasteiger partial charge is 0.397 e. The molecule has 2 rings (SSSR count). The Labute approximate surface area is 128 Å². The first-order valence-electron chi connectivity index (χ1n) is 6.81. The van der Waals surface area contributed by atoms with Crippen molar-refractivity contribution >= 4 is 28.9 Å². The molecule has 0 bridgehead atoms. The van der Waals surface area contributed by atoms with Gasteiger partial charge in [0.15, 0.2) is 5.82 Å². The van der Waals surface area contributed by atoms with Gasteiger partial charge in [-0.25, -0.2) is 9.67 Å². The standard InChI is InChI=1S/C14H18ClN5O/c1-3-12-18-13(4-2)20(19-12)8-14(21)17-9-5-6-10(15)11(16)7-9/h5-7H,3-4,8,16H2,1-2H3,(H,17,21). The summed E-state index contributed by atoms with van der Waals surface area (Å²) in [5.41, 5.74) is 6.74. The van der Waals surface area contributed by atoms with Crippen molar-refractivity contribution in [1.82, 2.24) is 14.8 Å². The molecule has 21 heavy (non-hydrogen) atoms. The Kier molecular flexibility index (Phi) is 4.80. The molecule has 1 aromatic carbocycles. The zero-order chi connectivity index (χ0) is 15.4. The van der Waals surface area contributed by atoms with Crippen LogP contribution in [0.3, 0.4) is 0 Å². The van der Waals surface area contributed by atoms with Crippen molar-refractivity contribution in [3.05, 3.63) is 34.9 Å². The van der Waals surface area contributed by atoms with Gasteiger partial charge in [0, 0.05) is 18.5 Å². The van der Waals surface area contributed by atoms with Gasteiger partial charge < -0.3 is 11.1 Å². The summed E-state index contributed by atoms with van der Waals surface area (Å²) in [5.74, 6) is 1.37. The lowest BCUT2D eigenvalue weighted by Gasteiger charge is -2.08. The van der Waals surface area contributed by atoms with Crippen LogP contribution in [0.4, 0.5) is 11.4 Å². The van der Waals surface area contributed by atoms with E-state index in [-0.39, 0.29) is 12.5 Å². The molecule has 0 aliphatic heterocycles. The number of rotatable bonds is 5. The molecule has 1 heterocycles. The minimum absolute atomic E-state index is 0.124. The van der Waals surface area contributed by atoms with Crippen LogP contribution < -0.4 is 11.1 Å². The van der Waals surface area contributed by atoms with Crippen molar-refractivity contribution in [3.63, 3.8) is 0 Å². The third-order valence-corrected chi connectivity index (χ3v) is 3.34. The molecule has 6 nitrogen and oxygen atoms in total. The number of aromatic nitrogens is 3. The van der Waals surface area contributed by atoms with Gasteiger partial charge in [0.1, 0.15) is 12.4 Å². The average Bonchev–Trinajstić information content (AvgIpc) is 2.85. The molecule has 0 saturated heterocycles. The van der Waals surface area contributed by atoms with Crippen LogP contribution in [0.25, 0.3) is 0 Å². The number of nitrogen functional groups attached to an aromatic ring is 1. The number of carbonyl (C=O) groups is 1. The Bertz CT molecular complexity index is 653. The van der Waals surface area contributed by atoms with Gasteiger partial charge in [-0.1, -0.05) is 25.4 Å². The fraction of sp³-hybridized carbons (Fsp3) is 0.357. The third-order valence-electron chi connectivity index (χ3n) is 3.00. The number of nitrogens with zero attached hydrogens (tertiary/aromatic N) is 3. The van der Waals surface area contributed by atoms with Crippen LogP contribution in [0, 0.1) is 0 Å². The maximum absolute atomic E-state index is 12.1. The summed E-state index contributed by atoms with van der Waals surface area (Å²) in [6, 6.07) is 4.98. The molecule has 3 N–H and O–H groups in total. The Morgan fingerprint density at radius 2 is 2.14 bits per heavy atom. The van der Waals surface area contributed by atoms with Crippen LogP contribution in [0.5, 0.6) is 0 Å². The number of hydrogen-bond donors (Lipinski definition) is 2. The quantitative estimate of drug-likeness (QED) is 0.830. The zero-order valence-corrected chi connectivity index (χ0v) is 12.8. The number of nitrogens with two attached hydrogens (primary N) is 1. The van der Waals surface area contributed by atoms with Crippen molar-refractivity contribution in [1.29, 1.82) is 0 Å². The van der Waals surface area contributed by atoms with Crippen molar-refractivity contribution in [3.8, 4) is 0 Å². The first-order valence-corrected chi connectivity index (χ1v) is 7.18. The molecular weight excluding hydrogens is 290 g/mol. The molecule has 1 amide bonds. The minimum atomic E-state index is -0.182. The van der Waals surface area contributed by atoms with Gasteiger partial charge in [-0.05, 0) is 18.2 Å². The Balaban J connectivity index is 2.07. The predicted molar refractivity (Wildman–Crippen MR) is 83.3 cm³/mol. The summed E-state index contributed by atoms with van der Waals surface area (Å²) < 4.78 is 1.63. The minimum Gasteiger partial charge on any atom is -0.397 e. The van der Waals surface area contributed by atoms with E-state index in [9.17, 15) is 4.79 Å². The lowest BCUT2D eigenvalue weighted by Crippen LogP contribution is -2.21. The normalized spacial score (nSPS) is 10.6. The summed E-state index contributed by atoms with van der Waals surface area (Å²) in [5, 5.41) is 7.55. The maximum Gasteiger partial charge on any atom is 0.246 e. The summed E-state index contributed by atoms with van der Waals surface area (Å²) in [6.45, 7) is 4.09. The van der Waals surface area contributed by atoms with Crippen LogP contribution in [0.2, 0.25) is 5.02 Å². The first kappa shape index (κ1) is 15.3. The number of aryl methyl sites for hydroxylation is 2. The van der Waals surface area contributed by atoms with E-state index in [0.717, 1.165) is 24.5 Å². The highest BCUT2D eigenvalue weighted by atomic mass is 35.5. The molecule has 0 radical (unpaired) electrons. The summed E-state index contributed by atoms with van der Waals surface area (Å²) in [6.07, 6.45) is 1.48. The summed E-state index contributed by atoms with van der Waals surface area (Å²) in [4.78, 5) is 16.4. The zero-order valence-electron chi connectivity index (χ0n) is 12.1. The van der Waals surface area contributed by atoms with Crippen LogP contribution in [0.15, 0.2) is 18.2 Å². The lowest BCUT2D eigenvalue weighted by molar-refractivity contribution is -0.116. The van der Waals surface area contributed by atoms with E-state index in [1.807, 2.05) is 13.8 Å². The smallest absolute Gasteiger partial charge is 0.246 e. The monoisotopic (exact) mass is 307 g/mol. The lowest BCUT2D eigenvalue weighted by atomic mass is 10.3. The van der Waals surface area contributed by atoms with Gasteiger partial charge in [0.25, 0.3) is 0 Å². The van der Waals surface area contributed by atoms with Crippen molar-refractivity contribution in [2.24, 2.45) is 0 Å². The molecule has 0 atom stereocenters. The Morgan fingerprint density at radius 3 is 2.76 bits per heavy atom. The molecular formula is C14H18ClN5O. The highest BCUT2D eigenvalue weighted by Crippen LogP contribution is 2.22. The molecule has 112 valence electrons. The van der Waals surface area contributed by atoms with E-state index in [2.05, 4.69) is 15.4 Å². The molecule has 0 fully saturated rings. The Morgan fingerprint density at radius 1 is 1.38 bits per heavy atom. The van der Waals surface area contributed by atoms with Gasteiger partial charge >= 0.3 is 0 Å².